The van der Waals surface area contributed by atoms with Crippen LogP contribution in [0.4, 0.5) is 0 Å². The Hall–Kier alpha value is -0.860. The van der Waals surface area contributed by atoms with Crippen molar-refractivity contribution in [1.29, 1.82) is 0 Å². The normalized spacial score (nSPS) is 30.1. The van der Waals surface area contributed by atoms with Gasteiger partial charge in [-0.25, -0.2) is 0 Å². The predicted molar refractivity (Wildman–Crippen MR) is 73.5 cm³/mol. The van der Waals surface area contributed by atoms with E-state index in [0.29, 0.717) is 6.10 Å². The van der Waals surface area contributed by atoms with Crippen LogP contribution in [0.3, 0.4) is 0 Å². The van der Waals surface area contributed by atoms with Gasteiger partial charge in [0.15, 0.2) is 0 Å². The number of hydrogen-bond donors (Lipinski definition) is 1. The summed E-state index contributed by atoms with van der Waals surface area (Å²) in [5.41, 5.74) is 9.01. The fourth-order valence-electron chi connectivity index (χ4n) is 3.04. The smallest absolute Gasteiger partial charge is 0.0772 e. The number of hydrogen-bond acceptors (Lipinski definition) is 2. The molecule has 0 amide bonds. The topological polar surface area (TPSA) is 35.2 Å². The fraction of sp³-hybridized carbons (Fsp3) is 0.625. The van der Waals surface area contributed by atoms with Crippen LogP contribution in [0.1, 0.15) is 62.1 Å². The van der Waals surface area contributed by atoms with Crippen molar-refractivity contribution in [3.8, 4) is 0 Å². The van der Waals surface area contributed by atoms with Crippen molar-refractivity contribution in [2.75, 3.05) is 0 Å². The van der Waals surface area contributed by atoms with Crippen LogP contribution in [0.25, 0.3) is 0 Å². The molecule has 2 fully saturated rings. The number of rotatable bonds is 3. The molecule has 18 heavy (non-hydrogen) atoms. The predicted octanol–water partition coefficient (Wildman–Crippen LogP) is 3.52. The summed E-state index contributed by atoms with van der Waals surface area (Å²) in [6.45, 7) is 2.13. The molecule has 2 N–H and O–H groups in total. The van der Waals surface area contributed by atoms with Gasteiger partial charge in [0, 0.05) is 0 Å². The molecule has 1 aliphatic heterocycles. The lowest BCUT2D eigenvalue weighted by Gasteiger charge is -2.26. The molecule has 3 atom stereocenters. The third-order valence-corrected chi connectivity index (χ3v) is 4.56. The lowest BCUT2D eigenvalue weighted by atomic mass is 9.79. The van der Waals surface area contributed by atoms with Crippen LogP contribution in [0.15, 0.2) is 24.3 Å². The summed E-state index contributed by atoms with van der Waals surface area (Å²) in [5, 5.41) is 0. The van der Waals surface area contributed by atoms with E-state index >= 15 is 0 Å². The zero-order valence-corrected chi connectivity index (χ0v) is 11.1. The Kier molecular flexibility index (Phi) is 3.40. The van der Waals surface area contributed by atoms with E-state index in [9.17, 15) is 0 Å². The van der Waals surface area contributed by atoms with Crippen LogP contribution < -0.4 is 5.73 Å². The summed E-state index contributed by atoms with van der Waals surface area (Å²) in [4.78, 5) is 0. The van der Waals surface area contributed by atoms with E-state index in [1.807, 2.05) is 0 Å². The monoisotopic (exact) mass is 245 g/mol. The summed E-state index contributed by atoms with van der Waals surface area (Å²) in [7, 11) is 0. The van der Waals surface area contributed by atoms with Crippen molar-refractivity contribution >= 4 is 0 Å². The molecule has 1 heterocycles. The lowest BCUT2D eigenvalue weighted by Crippen LogP contribution is -2.26. The second-order valence-corrected chi connectivity index (χ2v) is 5.88. The van der Waals surface area contributed by atoms with Crippen molar-refractivity contribution in [2.45, 2.75) is 63.2 Å². The maximum atomic E-state index is 6.31. The summed E-state index contributed by atoms with van der Waals surface area (Å²) in [6, 6.07) is 8.95. The van der Waals surface area contributed by atoms with E-state index < -0.39 is 0 Å². The Bertz CT molecular complexity index is 396. The van der Waals surface area contributed by atoms with Crippen LogP contribution in [0.5, 0.6) is 0 Å². The standard InChI is InChI=1S/C16H23NO/c1-11-5-10-15(18-11)16(17)14-8-6-13(7-9-14)12-3-2-4-12/h6-9,11-12,15-16H,2-5,10,17H2,1H3. The van der Waals surface area contributed by atoms with Crippen LogP contribution in [0.2, 0.25) is 0 Å². The second-order valence-electron chi connectivity index (χ2n) is 5.88. The van der Waals surface area contributed by atoms with Gasteiger partial charge in [0.1, 0.15) is 0 Å². The van der Waals surface area contributed by atoms with E-state index in [1.54, 1.807) is 0 Å². The van der Waals surface area contributed by atoms with E-state index in [0.717, 1.165) is 18.8 Å². The zero-order chi connectivity index (χ0) is 12.5. The van der Waals surface area contributed by atoms with Gasteiger partial charge in [0.2, 0.25) is 0 Å². The van der Waals surface area contributed by atoms with E-state index in [-0.39, 0.29) is 12.1 Å². The SMILES string of the molecule is CC1CCC(C(N)c2ccc(C3CCC3)cc2)O1. The van der Waals surface area contributed by atoms with Gasteiger partial charge in [0.05, 0.1) is 18.2 Å². The van der Waals surface area contributed by atoms with Crippen LogP contribution >= 0.6 is 0 Å². The van der Waals surface area contributed by atoms with Gasteiger partial charge >= 0.3 is 0 Å². The summed E-state index contributed by atoms with van der Waals surface area (Å²) < 4.78 is 5.86. The van der Waals surface area contributed by atoms with Gasteiger partial charge in [-0.2, -0.15) is 0 Å². The molecule has 2 nitrogen and oxygen atoms in total. The number of ether oxygens (including phenoxy) is 1. The van der Waals surface area contributed by atoms with Crippen molar-refractivity contribution in [1.82, 2.24) is 0 Å². The Labute approximate surface area is 110 Å². The Morgan fingerprint density at radius 1 is 1.11 bits per heavy atom. The molecule has 3 rings (SSSR count). The van der Waals surface area contributed by atoms with E-state index in [2.05, 4.69) is 31.2 Å². The highest BCUT2D eigenvalue weighted by molar-refractivity contribution is 5.29. The van der Waals surface area contributed by atoms with Gasteiger partial charge < -0.3 is 10.5 Å². The van der Waals surface area contributed by atoms with Gasteiger partial charge in [-0.1, -0.05) is 30.7 Å². The van der Waals surface area contributed by atoms with Crippen molar-refractivity contribution < 1.29 is 4.74 Å². The molecule has 2 heteroatoms. The first-order valence-corrected chi connectivity index (χ1v) is 7.25. The molecule has 1 aromatic rings. The molecular weight excluding hydrogens is 222 g/mol. The molecule has 2 aliphatic rings. The maximum absolute atomic E-state index is 6.31. The molecule has 98 valence electrons. The van der Waals surface area contributed by atoms with Gasteiger partial charge in [-0.15, -0.1) is 0 Å². The largest absolute Gasteiger partial charge is 0.373 e. The van der Waals surface area contributed by atoms with Crippen molar-refractivity contribution in [3.05, 3.63) is 35.4 Å². The molecule has 0 radical (unpaired) electrons. The highest BCUT2D eigenvalue weighted by Gasteiger charge is 2.28. The molecule has 0 aromatic heterocycles. The third-order valence-electron chi connectivity index (χ3n) is 4.56. The lowest BCUT2D eigenvalue weighted by molar-refractivity contribution is 0.0401. The number of nitrogens with two attached hydrogens (primary N) is 1. The number of benzene rings is 1. The Morgan fingerprint density at radius 2 is 1.83 bits per heavy atom. The van der Waals surface area contributed by atoms with Gasteiger partial charge in [-0.3, -0.25) is 0 Å². The molecule has 1 saturated heterocycles. The highest BCUT2D eigenvalue weighted by atomic mass is 16.5. The average molecular weight is 245 g/mol. The fourth-order valence-corrected chi connectivity index (χ4v) is 3.04. The van der Waals surface area contributed by atoms with E-state index in [1.165, 1.54) is 30.4 Å². The van der Waals surface area contributed by atoms with Crippen LogP contribution in [-0.4, -0.2) is 12.2 Å². The summed E-state index contributed by atoms with van der Waals surface area (Å²) in [5.74, 6) is 0.804. The molecule has 0 spiro atoms. The Morgan fingerprint density at radius 3 is 2.33 bits per heavy atom. The molecule has 1 aromatic carbocycles. The highest BCUT2D eigenvalue weighted by Crippen LogP contribution is 2.37. The molecular formula is C16H23NO. The Balaban J connectivity index is 1.68. The first-order chi connectivity index (χ1) is 8.74. The molecule has 1 aliphatic carbocycles. The molecule has 1 saturated carbocycles. The third kappa shape index (κ3) is 2.32. The minimum atomic E-state index is 0.0328. The minimum absolute atomic E-state index is 0.0328. The molecule has 3 unspecified atom stereocenters. The minimum Gasteiger partial charge on any atom is -0.373 e. The average Bonchev–Trinajstić information content (AvgIpc) is 2.74. The summed E-state index contributed by atoms with van der Waals surface area (Å²) in [6.07, 6.45) is 6.90. The maximum Gasteiger partial charge on any atom is 0.0772 e. The first kappa shape index (κ1) is 12.2. The van der Waals surface area contributed by atoms with Gasteiger partial charge in [0.25, 0.3) is 0 Å². The van der Waals surface area contributed by atoms with Crippen LogP contribution in [0, 0.1) is 0 Å². The summed E-state index contributed by atoms with van der Waals surface area (Å²) >= 11 is 0. The van der Waals surface area contributed by atoms with Gasteiger partial charge in [-0.05, 0) is 49.7 Å². The molecule has 0 bridgehead atoms. The first-order valence-electron chi connectivity index (χ1n) is 7.25. The zero-order valence-electron chi connectivity index (χ0n) is 11.1. The van der Waals surface area contributed by atoms with Crippen molar-refractivity contribution in [3.63, 3.8) is 0 Å². The quantitative estimate of drug-likeness (QED) is 0.884. The van der Waals surface area contributed by atoms with Crippen LogP contribution in [-0.2, 0) is 4.74 Å². The second kappa shape index (κ2) is 5.02. The van der Waals surface area contributed by atoms with E-state index in [4.69, 9.17) is 10.5 Å². The van der Waals surface area contributed by atoms with Crippen molar-refractivity contribution in [2.24, 2.45) is 5.73 Å².